The van der Waals surface area contributed by atoms with Gasteiger partial charge in [0.15, 0.2) is 0 Å². The number of nitrogens with one attached hydrogen (secondary N) is 1. The first-order valence-electron chi connectivity index (χ1n) is 9.43. The number of H-pyrrole nitrogens is 1. The van der Waals surface area contributed by atoms with Gasteiger partial charge in [-0.25, -0.2) is 0 Å². The maximum Gasteiger partial charge on any atom is 0.0889 e. The van der Waals surface area contributed by atoms with Crippen molar-refractivity contribution in [3.8, 4) is 0 Å². The molecule has 0 bridgehead atoms. The van der Waals surface area contributed by atoms with Gasteiger partial charge in [0.2, 0.25) is 0 Å². The minimum atomic E-state index is 0.172. The molecule has 27 heavy (non-hydrogen) atoms. The molecule has 0 unspecified atom stereocenters. The second-order valence-corrected chi connectivity index (χ2v) is 9.04. The zero-order valence-corrected chi connectivity index (χ0v) is 17.2. The molecular formula is C24H29N3. The molecule has 0 spiro atoms. The summed E-state index contributed by atoms with van der Waals surface area (Å²) in [5.74, 6) is 0. The van der Waals surface area contributed by atoms with E-state index < -0.39 is 0 Å². The smallest absolute Gasteiger partial charge is 0.0889 e. The number of nitrogens with zero attached hydrogens (tertiary/aromatic N) is 2. The molecule has 3 heteroatoms. The molecule has 4 rings (SSSR count). The van der Waals surface area contributed by atoms with E-state index in [-0.39, 0.29) is 10.8 Å². The van der Waals surface area contributed by atoms with E-state index in [0.29, 0.717) is 0 Å². The van der Waals surface area contributed by atoms with Gasteiger partial charge in [0, 0.05) is 24.1 Å². The van der Waals surface area contributed by atoms with Gasteiger partial charge >= 0.3 is 0 Å². The largest absolute Gasteiger partial charge is 0.361 e. The normalized spacial score (nSPS) is 12.1. The first kappa shape index (κ1) is 19.1. The van der Waals surface area contributed by atoms with E-state index in [1.54, 1.807) is 12.4 Å². The van der Waals surface area contributed by atoms with Crippen molar-refractivity contribution in [2.75, 3.05) is 0 Å². The Balaban J connectivity index is 0.000000156. The molecule has 2 aromatic carbocycles. The monoisotopic (exact) mass is 359 g/mol. The van der Waals surface area contributed by atoms with Crippen LogP contribution >= 0.6 is 0 Å². The zero-order chi connectivity index (χ0) is 19.7. The fourth-order valence-corrected chi connectivity index (χ4v) is 2.94. The fourth-order valence-electron chi connectivity index (χ4n) is 2.94. The SMILES string of the molecule is CC(C)(C)c1ccc2cc[nH]c2c1.CC(C)(C)c1ccc2nccnc2c1. The van der Waals surface area contributed by atoms with Crippen LogP contribution in [0.4, 0.5) is 0 Å². The number of hydrogen-bond donors (Lipinski definition) is 1. The predicted molar refractivity (Wildman–Crippen MR) is 115 cm³/mol. The minimum absolute atomic E-state index is 0.172. The Kier molecular flexibility index (Phi) is 5.05. The Labute approximate surface area is 161 Å². The van der Waals surface area contributed by atoms with E-state index in [2.05, 4.69) is 92.9 Å². The van der Waals surface area contributed by atoms with Crippen LogP contribution in [0.25, 0.3) is 21.9 Å². The third-order valence-corrected chi connectivity index (χ3v) is 4.76. The van der Waals surface area contributed by atoms with E-state index in [4.69, 9.17) is 0 Å². The lowest BCUT2D eigenvalue weighted by Gasteiger charge is -2.18. The summed E-state index contributed by atoms with van der Waals surface area (Å²) in [6.07, 6.45) is 5.44. The predicted octanol–water partition coefficient (Wildman–Crippen LogP) is 6.39. The number of fused-ring (bicyclic) bond motifs is 2. The summed E-state index contributed by atoms with van der Waals surface area (Å²) >= 11 is 0. The molecule has 0 aliphatic heterocycles. The second-order valence-electron chi connectivity index (χ2n) is 9.04. The van der Waals surface area contributed by atoms with Crippen molar-refractivity contribution in [1.82, 2.24) is 15.0 Å². The third-order valence-electron chi connectivity index (χ3n) is 4.76. The molecule has 3 nitrogen and oxygen atoms in total. The molecule has 4 aromatic rings. The Bertz CT molecular complexity index is 1050. The van der Waals surface area contributed by atoms with Crippen LogP contribution < -0.4 is 0 Å². The van der Waals surface area contributed by atoms with Gasteiger partial charge in [-0.15, -0.1) is 0 Å². The van der Waals surface area contributed by atoms with Gasteiger partial charge in [-0.05, 0) is 51.6 Å². The zero-order valence-electron chi connectivity index (χ0n) is 17.2. The summed E-state index contributed by atoms with van der Waals surface area (Å²) in [5, 5.41) is 1.29. The Morgan fingerprint density at radius 3 is 1.93 bits per heavy atom. The van der Waals surface area contributed by atoms with Crippen molar-refractivity contribution in [3.63, 3.8) is 0 Å². The number of benzene rings is 2. The van der Waals surface area contributed by atoms with Gasteiger partial charge in [0.25, 0.3) is 0 Å². The highest BCUT2D eigenvalue weighted by atomic mass is 14.8. The molecule has 0 atom stereocenters. The minimum Gasteiger partial charge on any atom is -0.361 e. The highest BCUT2D eigenvalue weighted by molar-refractivity contribution is 5.80. The molecule has 2 aromatic heterocycles. The van der Waals surface area contributed by atoms with Gasteiger partial charge in [0.1, 0.15) is 0 Å². The van der Waals surface area contributed by atoms with E-state index >= 15 is 0 Å². The van der Waals surface area contributed by atoms with Crippen molar-refractivity contribution in [3.05, 3.63) is 72.2 Å². The molecule has 0 amide bonds. The van der Waals surface area contributed by atoms with Crippen molar-refractivity contribution in [1.29, 1.82) is 0 Å². The molecule has 0 radical (unpaired) electrons. The van der Waals surface area contributed by atoms with E-state index in [1.165, 1.54) is 22.0 Å². The molecule has 1 N–H and O–H groups in total. The van der Waals surface area contributed by atoms with Crippen LogP contribution in [0, 0.1) is 0 Å². The maximum absolute atomic E-state index is 4.29. The van der Waals surface area contributed by atoms with Gasteiger partial charge < -0.3 is 4.98 Å². The van der Waals surface area contributed by atoms with Crippen LogP contribution in [0.1, 0.15) is 52.7 Å². The van der Waals surface area contributed by atoms with Crippen molar-refractivity contribution >= 4 is 21.9 Å². The first-order chi connectivity index (χ1) is 12.6. The number of hydrogen-bond acceptors (Lipinski definition) is 2. The van der Waals surface area contributed by atoms with Crippen LogP contribution in [0.2, 0.25) is 0 Å². The Morgan fingerprint density at radius 1 is 0.667 bits per heavy atom. The summed E-state index contributed by atoms with van der Waals surface area (Å²) in [4.78, 5) is 11.8. The molecule has 140 valence electrons. The van der Waals surface area contributed by atoms with Crippen LogP contribution in [0.3, 0.4) is 0 Å². The summed E-state index contributed by atoms with van der Waals surface area (Å²) in [5.41, 5.74) is 6.24. The molecule has 0 fully saturated rings. The average molecular weight is 360 g/mol. The lowest BCUT2D eigenvalue weighted by molar-refractivity contribution is 0.590. The summed E-state index contributed by atoms with van der Waals surface area (Å²) in [6.45, 7) is 13.3. The topological polar surface area (TPSA) is 41.6 Å². The number of rotatable bonds is 0. The fraction of sp³-hybridized carbons (Fsp3) is 0.333. The lowest BCUT2D eigenvalue weighted by atomic mass is 9.87. The standard InChI is InChI=1S/C12H14N2.C12H15N/c1-12(2,3)9-4-5-10-11(8-9)14-7-6-13-10;1-12(2,3)10-5-4-9-6-7-13-11(9)8-10/h4-8H,1-3H3;4-8,13H,1-3H3. The van der Waals surface area contributed by atoms with Crippen molar-refractivity contribution in [2.45, 2.75) is 52.4 Å². The van der Waals surface area contributed by atoms with E-state index in [1.807, 2.05) is 12.3 Å². The van der Waals surface area contributed by atoms with Crippen LogP contribution in [-0.2, 0) is 10.8 Å². The number of aromatic amines is 1. The summed E-state index contributed by atoms with van der Waals surface area (Å²) < 4.78 is 0. The Morgan fingerprint density at radius 2 is 1.26 bits per heavy atom. The third kappa shape index (κ3) is 4.54. The van der Waals surface area contributed by atoms with Gasteiger partial charge in [0.05, 0.1) is 11.0 Å². The average Bonchev–Trinajstić information content (AvgIpc) is 3.08. The molecule has 0 saturated carbocycles. The van der Waals surface area contributed by atoms with Gasteiger partial charge in [-0.3, -0.25) is 9.97 Å². The van der Waals surface area contributed by atoms with Crippen LogP contribution in [0.5, 0.6) is 0 Å². The molecule has 0 aliphatic carbocycles. The highest BCUT2D eigenvalue weighted by Gasteiger charge is 2.14. The van der Waals surface area contributed by atoms with Gasteiger partial charge in [-0.1, -0.05) is 59.7 Å². The first-order valence-corrected chi connectivity index (χ1v) is 9.43. The number of aromatic nitrogens is 3. The maximum atomic E-state index is 4.29. The van der Waals surface area contributed by atoms with Crippen LogP contribution in [-0.4, -0.2) is 15.0 Å². The molecule has 0 saturated heterocycles. The molecular weight excluding hydrogens is 330 g/mol. The lowest BCUT2D eigenvalue weighted by Crippen LogP contribution is -2.10. The van der Waals surface area contributed by atoms with Gasteiger partial charge in [-0.2, -0.15) is 0 Å². The second kappa shape index (κ2) is 7.15. The van der Waals surface area contributed by atoms with Crippen molar-refractivity contribution in [2.24, 2.45) is 0 Å². The van der Waals surface area contributed by atoms with E-state index in [0.717, 1.165) is 11.0 Å². The Hall–Kier alpha value is -2.68. The summed E-state index contributed by atoms with van der Waals surface area (Å²) in [7, 11) is 0. The van der Waals surface area contributed by atoms with Crippen molar-refractivity contribution < 1.29 is 0 Å². The van der Waals surface area contributed by atoms with Crippen LogP contribution in [0.15, 0.2) is 61.1 Å². The highest BCUT2D eigenvalue weighted by Crippen LogP contribution is 2.25. The molecule has 0 aliphatic rings. The quantitative estimate of drug-likeness (QED) is 0.395. The molecule has 2 heterocycles. The summed E-state index contributed by atoms with van der Waals surface area (Å²) in [6, 6.07) is 15.0. The van der Waals surface area contributed by atoms with E-state index in [9.17, 15) is 0 Å².